The van der Waals surface area contributed by atoms with Gasteiger partial charge in [-0.3, -0.25) is 0 Å². The molecular weight excluding hydrogens is 239 g/mol. The molecule has 96 valence electrons. The molecule has 1 heterocycles. The van der Waals surface area contributed by atoms with Crippen molar-refractivity contribution in [1.29, 1.82) is 0 Å². The van der Waals surface area contributed by atoms with Crippen molar-refractivity contribution < 1.29 is 27.8 Å². The molecule has 0 aliphatic heterocycles. The second-order valence-electron chi connectivity index (χ2n) is 3.32. The standard InChI is InChI=1S/C10H12F3NO3/c1-2-17-4-3-14-5-7(9(15)16)8(6-14)10(11,12)13/h5-6H,2-4H2,1H3,(H,15,16). The van der Waals surface area contributed by atoms with Crippen molar-refractivity contribution in [3.63, 3.8) is 0 Å². The van der Waals surface area contributed by atoms with Gasteiger partial charge in [-0.25, -0.2) is 4.79 Å². The first-order chi connectivity index (χ1) is 7.86. The highest BCUT2D eigenvalue weighted by Crippen LogP contribution is 2.32. The number of nitrogens with zero attached hydrogens (tertiary/aromatic N) is 1. The topological polar surface area (TPSA) is 51.5 Å². The Hall–Kier alpha value is -1.50. The summed E-state index contributed by atoms with van der Waals surface area (Å²) < 4.78 is 43.7. The molecule has 1 aromatic rings. The minimum absolute atomic E-state index is 0.185. The molecule has 0 saturated heterocycles. The fourth-order valence-electron chi connectivity index (χ4n) is 1.35. The van der Waals surface area contributed by atoms with E-state index in [2.05, 4.69) is 0 Å². The van der Waals surface area contributed by atoms with Crippen LogP contribution in [0.2, 0.25) is 0 Å². The van der Waals surface area contributed by atoms with Crippen LogP contribution in [0.1, 0.15) is 22.8 Å². The third kappa shape index (κ3) is 3.48. The number of rotatable bonds is 5. The number of ether oxygens (including phenoxy) is 1. The molecule has 0 aromatic carbocycles. The lowest BCUT2D eigenvalue weighted by Crippen LogP contribution is -2.09. The van der Waals surface area contributed by atoms with Crippen molar-refractivity contribution in [3.8, 4) is 0 Å². The van der Waals surface area contributed by atoms with E-state index in [0.717, 1.165) is 12.4 Å². The number of aromatic nitrogens is 1. The second-order valence-corrected chi connectivity index (χ2v) is 3.32. The molecule has 0 unspecified atom stereocenters. The molecule has 4 nitrogen and oxygen atoms in total. The molecule has 1 rings (SSSR count). The Balaban J connectivity index is 2.93. The van der Waals surface area contributed by atoms with Crippen LogP contribution >= 0.6 is 0 Å². The zero-order valence-electron chi connectivity index (χ0n) is 9.12. The summed E-state index contributed by atoms with van der Waals surface area (Å²) in [4.78, 5) is 10.7. The minimum atomic E-state index is -4.66. The van der Waals surface area contributed by atoms with Gasteiger partial charge in [0.2, 0.25) is 0 Å². The van der Waals surface area contributed by atoms with Gasteiger partial charge in [0.05, 0.1) is 17.7 Å². The van der Waals surface area contributed by atoms with Crippen molar-refractivity contribution in [2.45, 2.75) is 19.6 Å². The van der Waals surface area contributed by atoms with Crippen LogP contribution < -0.4 is 0 Å². The Morgan fingerprint density at radius 3 is 2.53 bits per heavy atom. The van der Waals surface area contributed by atoms with Gasteiger partial charge in [0.25, 0.3) is 0 Å². The van der Waals surface area contributed by atoms with Gasteiger partial charge < -0.3 is 14.4 Å². The molecule has 0 aliphatic carbocycles. The SMILES string of the molecule is CCOCCn1cc(C(=O)O)c(C(F)(F)F)c1. The maximum Gasteiger partial charge on any atom is 0.418 e. The van der Waals surface area contributed by atoms with Gasteiger partial charge in [-0.05, 0) is 6.92 Å². The second kappa shape index (κ2) is 5.22. The monoisotopic (exact) mass is 251 g/mol. The lowest BCUT2D eigenvalue weighted by atomic mass is 10.2. The third-order valence-electron chi connectivity index (χ3n) is 2.11. The quantitative estimate of drug-likeness (QED) is 0.816. The zero-order valence-corrected chi connectivity index (χ0v) is 9.12. The van der Waals surface area contributed by atoms with Gasteiger partial charge >= 0.3 is 12.1 Å². The van der Waals surface area contributed by atoms with Crippen LogP contribution in [-0.4, -0.2) is 28.9 Å². The molecule has 0 saturated carbocycles. The fraction of sp³-hybridized carbons (Fsp3) is 0.500. The van der Waals surface area contributed by atoms with Gasteiger partial charge in [-0.2, -0.15) is 13.2 Å². The van der Waals surface area contributed by atoms with E-state index in [1.165, 1.54) is 4.57 Å². The first-order valence-corrected chi connectivity index (χ1v) is 4.94. The van der Waals surface area contributed by atoms with Crippen LogP contribution in [0.3, 0.4) is 0 Å². The first kappa shape index (κ1) is 13.6. The van der Waals surface area contributed by atoms with E-state index in [1.54, 1.807) is 6.92 Å². The van der Waals surface area contributed by atoms with Crippen LogP contribution in [0.5, 0.6) is 0 Å². The molecule has 1 N–H and O–H groups in total. The molecule has 0 aliphatic rings. The summed E-state index contributed by atoms with van der Waals surface area (Å²) in [5.74, 6) is -1.59. The Labute approximate surface area is 95.6 Å². The fourth-order valence-corrected chi connectivity index (χ4v) is 1.35. The normalized spacial score (nSPS) is 11.8. The summed E-state index contributed by atoms with van der Waals surface area (Å²) in [5.41, 5.74) is -1.88. The number of carboxylic acids is 1. The Kier molecular flexibility index (Phi) is 4.17. The highest BCUT2D eigenvalue weighted by molar-refractivity contribution is 5.89. The van der Waals surface area contributed by atoms with Gasteiger partial charge in [0.15, 0.2) is 0 Å². The van der Waals surface area contributed by atoms with Crippen molar-refractivity contribution in [2.75, 3.05) is 13.2 Å². The molecular formula is C10H12F3NO3. The summed E-state index contributed by atoms with van der Waals surface area (Å²) in [5, 5.41) is 8.67. The van der Waals surface area contributed by atoms with E-state index < -0.39 is 23.3 Å². The number of carboxylic acid groups (broad SMARTS) is 1. The molecule has 0 bridgehead atoms. The van der Waals surface area contributed by atoms with Crippen LogP contribution in [0, 0.1) is 0 Å². The predicted molar refractivity (Wildman–Crippen MR) is 52.9 cm³/mol. The smallest absolute Gasteiger partial charge is 0.418 e. The molecule has 1 aromatic heterocycles. The number of alkyl halides is 3. The van der Waals surface area contributed by atoms with Crippen LogP contribution in [0.25, 0.3) is 0 Å². The van der Waals surface area contributed by atoms with Gasteiger partial charge in [0.1, 0.15) is 0 Å². The van der Waals surface area contributed by atoms with E-state index in [0.29, 0.717) is 6.61 Å². The van der Waals surface area contributed by atoms with E-state index in [9.17, 15) is 18.0 Å². The third-order valence-corrected chi connectivity index (χ3v) is 2.11. The number of aromatic carboxylic acids is 1. The molecule has 7 heteroatoms. The Morgan fingerprint density at radius 2 is 2.12 bits per heavy atom. The van der Waals surface area contributed by atoms with Crippen molar-refractivity contribution in [2.24, 2.45) is 0 Å². The molecule has 0 atom stereocenters. The maximum absolute atomic E-state index is 12.5. The summed E-state index contributed by atoms with van der Waals surface area (Å²) in [6.07, 6.45) is -2.92. The van der Waals surface area contributed by atoms with Gasteiger partial charge in [0, 0.05) is 25.5 Å². The number of hydrogen-bond donors (Lipinski definition) is 1. The highest BCUT2D eigenvalue weighted by Gasteiger charge is 2.36. The van der Waals surface area contributed by atoms with Crippen LogP contribution in [0.4, 0.5) is 13.2 Å². The number of halogens is 3. The molecule has 0 amide bonds. The first-order valence-electron chi connectivity index (χ1n) is 4.94. The lowest BCUT2D eigenvalue weighted by Gasteiger charge is -2.04. The molecule has 0 fully saturated rings. The summed E-state index contributed by atoms with van der Waals surface area (Å²) in [6.45, 7) is 2.64. The molecule has 17 heavy (non-hydrogen) atoms. The largest absolute Gasteiger partial charge is 0.478 e. The van der Waals surface area contributed by atoms with Crippen molar-refractivity contribution >= 4 is 5.97 Å². The summed E-state index contributed by atoms with van der Waals surface area (Å²) >= 11 is 0. The maximum atomic E-state index is 12.5. The van der Waals surface area contributed by atoms with Crippen molar-refractivity contribution in [3.05, 3.63) is 23.5 Å². The lowest BCUT2D eigenvalue weighted by molar-refractivity contribution is -0.138. The zero-order chi connectivity index (χ0) is 13.1. The van der Waals surface area contributed by atoms with Crippen molar-refractivity contribution in [1.82, 2.24) is 4.57 Å². The van der Waals surface area contributed by atoms with Crippen LogP contribution in [0.15, 0.2) is 12.4 Å². The van der Waals surface area contributed by atoms with Crippen LogP contribution in [-0.2, 0) is 17.5 Å². The average molecular weight is 251 g/mol. The Morgan fingerprint density at radius 1 is 1.47 bits per heavy atom. The predicted octanol–water partition coefficient (Wildman–Crippen LogP) is 2.24. The van der Waals surface area contributed by atoms with Gasteiger partial charge in [-0.1, -0.05) is 0 Å². The average Bonchev–Trinajstić information content (AvgIpc) is 2.62. The minimum Gasteiger partial charge on any atom is -0.478 e. The summed E-state index contributed by atoms with van der Waals surface area (Å²) in [6, 6.07) is 0. The van der Waals surface area contributed by atoms with E-state index in [-0.39, 0.29) is 13.2 Å². The molecule has 0 spiro atoms. The molecule has 0 radical (unpaired) electrons. The van der Waals surface area contributed by atoms with E-state index in [4.69, 9.17) is 9.84 Å². The number of hydrogen-bond acceptors (Lipinski definition) is 2. The Bertz CT molecular complexity index is 398. The highest BCUT2D eigenvalue weighted by atomic mass is 19.4. The van der Waals surface area contributed by atoms with E-state index >= 15 is 0 Å². The van der Waals surface area contributed by atoms with Gasteiger partial charge in [-0.15, -0.1) is 0 Å². The van der Waals surface area contributed by atoms with E-state index in [1.807, 2.05) is 0 Å². The number of carbonyl (C=O) groups is 1. The summed E-state index contributed by atoms with van der Waals surface area (Å²) in [7, 11) is 0.